The van der Waals surface area contributed by atoms with Gasteiger partial charge < -0.3 is 21.3 Å². The zero-order valence-corrected chi connectivity index (χ0v) is 21.8. The molecule has 0 spiro atoms. The van der Waals surface area contributed by atoms with Crippen molar-refractivity contribution >= 4 is 11.4 Å². The predicted molar refractivity (Wildman–Crippen MR) is 137 cm³/mol. The van der Waals surface area contributed by atoms with E-state index in [2.05, 4.69) is 75.9 Å². The summed E-state index contributed by atoms with van der Waals surface area (Å²) in [5, 5.41) is 8.85. The molecule has 0 bridgehead atoms. The molecule has 0 amide bonds. The lowest BCUT2D eigenvalue weighted by Crippen LogP contribution is -2.20. The first-order chi connectivity index (χ1) is 15.0. The summed E-state index contributed by atoms with van der Waals surface area (Å²) in [4.78, 5) is 4.30. The first-order valence-electron chi connectivity index (χ1n) is 11.9. The molecule has 32 heavy (non-hydrogen) atoms. The number of nitrogens with two attached hydrogens (primary N) is 2. The van der Waals surface area contributed by atoms with Gasteiger partial charge in [-0.05, 0) is 65.7 Å². The average molecular weight is 449 g/mol. The van der Waals surface area contributed by atoms with Crippen molar-refractivity contribution in [1.29, 1.82) is 0 Å². The summed E-state index contributed by atoms with van der Waals surface area (Å²) in [7, 11) is 8.26. The molecular formula is C24H48N8. The third-order valence-corrected chi connectivity index (χ3v) is 5.30. The number of nitrogens with zero attached hydrogens (tertiary/aromatic N) is 6. The Kier molecular flexibility index (Phi) is 12.4. The van der Waals surface area contributed by atoms with Crippen molar-refractivity contribution in [2.24, 2.45) is 11.8 Å². The lowest BCUT2D eigenvalue weighted by atomic mass is 10.1. The molecule has 0 fully saturated rings. The zero-order chi connectivity index (χ0) is 24.3. The van der Waals surface area contributed by atoms with Gasteiger partial charge in [-0.15, -0.1) is 0 Å². The number of aryl methyl sites for hydroxylation is 1. The molecule has 0 aliphatic heterocycles. The molecule has 2 aromatic heterocycles. The molecule has 0 aliphatic carbocycles. The number of rotatable bonds is 12. The van der Waals surface area contributed by atoms with Gasteiger partial charge in [0.05, 0.1) is 42.0 Å². The average Bonchev–Trinajstić information content (AvgIpc) is 3.23. The van der Waals surface area contributed by atoms with Gasteiger partial charge in [0.15, 0.2) is 0 Å². The van der Waals surface area contributed by atoms with Crippen LogP contribution in [0.25, 0.3) is 0 Å². The maximum atomic E-state index is 5.94. The molecule has 0 radical (unpaired) electrons. The molecule has 2 heterocycles. The van der Waals surface area contributed by atoms with Crippen LogP contribution in [0, 0.1) is 11.8 Å². The molecule has 184 valence electrons. The Bertz CT molecular complexity index is 758. The van der Waals surface area contributed by atoms with Crippen molar-refractivity contribution in [1.82, 2.24) is 29.4 Å². The molecule has 8 heteroatoms. The first-order valence-corrected chi connectivity index (χ1v) is 11.9. The van der Waals surface area contributed by atoms with Gasteiger partial charge >= 0.3 is 0 Å². The van der Waals surface area contributed by atoms with Gasteiger partial charge in [0, 0.05) is 19.3 Å². The molecule has 0 aliphatic rings. The highest BCUT2D eigenvalue weighted by Gasteiger charge is 2.09. The minimum Gasteiger partial charge on any atom is -0.396 e. The molecule has 0 saturated heterocycles. The summed E-state index contributed by atoms with van der Waals surface area (Å²) >= 11 is 0. The van der Waals surface area contributed by atoms with Crippen LogP contribution in [-0.2, 0) is 25.9 Å². The van der Waals surface area contributed by atoms with Crippen LogP contribution in [0.5, 0.6) is 0 Å². The van der Waals surface area contributed by atoms with Gasteiger partial charge in [-0.25, -0.2) is 0 Å². The number of aromatic nitrogens is 4. The summed E-state index contributed by atoms with van der Waals surface area (Å²) in [6, 6.07) is 0. The van der Waals surface area contributed by atoms with E-state index >= 15 is 0 Å². The molecule has 4 N–H and O–H groups in total. The second-order valence-corrected chi connectivity index (χ2v) is 10.0. The summed E-state index contributed by atoms with van der Waals surface area (Å²) in [6.45, 7) is 12.7. The Labute approximate surface area is 195 Å². The van der Waals surface area contributed by atoms with Gasteiger partial charge in [-0.3, -0.25) is 9.36 Å². The van der Waals surface area contributed by atoms with Gasteiger partial charge in [-0.2, -0.15) is 10.2 Å². The van der Waals surface area contributed by atoms with Gasteiger partial charge in [-0.1, -0.05) is 27.7 Å². The standard InChI is InChI=1S/2C12H24N4/c1-10(2)5-6-12-11(13)9-16(14-12)8-7-15(3)4;1-10(2)5-6-12-11(13)9-14-16(12)8-7-15(3)4/h2*9-10H,5-8,13H2,1-4H3. The highest BCUT2D eigenvalue weighted by Crippen LogP contribution is 2.16. The topological polar surface area (TPSA) is 94.2 Å². The third-order valence-electron chi connectivity index (χ3n) is 5.30. The lowest BCUT2D eigenvalue weighted by Gasteiger charge is -2.13. The Morgan fingerprint density at radius 3 is 1.97 bits per heavy atom. The fourth-order valence-electron chi connectivity index (χ4n) is 3.12. The largest absolute Gasteiger partial charge is 0.396 e. The fourth-order valence-corrected chi connectivity index (χ4v) is 3.12. The van der Waals surface area contributed by atoms with E-state index in [4.69, 9.17) is 11.5 Å². The molecule has 0 atom stereocenters. The molecule has 8 nitrogen and oxygen atoms in total. The van der Waals surface area contributed by atoms with Crippen LogP contribution >= 0.6 is 0 Å². The zero-order valence-electron chi connectivity index (χ0n) is 21.8. The summed E-state index contributed by atoms with van der Waals surface area (Å²) in [6.07, 6.45) is 8.03. The molecule has 0 aromatic carbocycles. The number of anilines is 2. The van der Waals surface area contributed by atoms with E-state index in [1.54, 1.807) is 6.20 Å². The van der Waals surface area contributed by atoms with Crippen LogP contribution in [0.4, 0.5) is 11.4 Å². The van der Waals surface area contributed by atoms with Crippen LogP contribution in [0.3, 0.4) is 0 Å². The van der Waals surface area contributed by atoms with E-state index in [0.29, 0.717) is 11.8 Å². The van der Waals surface area contributed by atoms with Crippen molar-refractivity contribution in [2.75, 3.05) is 52.7 Å². The van der Waals surface area contributed by atoms with Crippen molar-refractivity contribution in [2.45, 2.75) is 66.5 Å². The predicted octanol–water partition coefficient (Wildman–Crippen LogP) is 3.23. The van der Waals surface area contributed by atoms with Crippen molar-refractivity contribution < 1.29 is 0 Å². The molecular weight excluding hydrogens is 400 g/mol. The van der Waals surface area contributed by atoms with Crippen molar-refractivity contribution in [3.8, 4) is 0 Å². The van der Waals surface area contributed by atoms with Gasteiger partial charge in [0.1, 0.15) is 0 Å². The van der Waals surface area contributed by atoms with E-state index in [1.807, 2.05) is 15.6 Å². The number of hydrogen-bond donors (Lipinski definition) is 2. The molecule has 2 aromatic rings. The van der Waals surface area contributed by atoms with Crippen LogP contribution in [0.1, 0.15) is 51.9 Å². The molecule has 0 saturated carbocycles. The monoisotopic (exact) mass is 448 g/mol. The first kappa shape index (κ1) is 28.0. The van der Waals surface area contributed by atoms with E-state index in [9.17, 15) is 0 Å². The van der Waals surface area contributed by atoms with E-state index in [1.165, 1.54) is 5.69 Å². The van der Waals surface area contributed by atoms with E-state index in [-0.39, 0.29) is 0 Å². The Morgan fingerprint density at radius 2 is 1.41 bits per heavy atom. The van der Waals surface area contributed by atoms with E-state index < -0.39 is 0 Å². The van der Waals surface area contributed by atoms with Crippen molar-refractivity contribution in [3.63, 3.8) is 0 Å². The van der Waals surface area contributed by atoms with Crippen molar-refractivity contribution in [3.05, 3.63) is 23.8 Å². The SMILES string of the molecule is CC(C)CCc1c(N)cnn1CCN(C)C.CC(C)CCc1nn(CCN(C)C)cc1N. The second kappa shape index (κ2) is 14.2. The van der Waals surface area contributed by atoms with Crippen LogP contribution in [0.15, 0.2) is 12.4 Å². The van der Waals surface area contributed by atoms with Crippen LogP contribution < -0.4 is 11.5 Å². The van der Waals surface area contributed by atoms with Gasteiger partial charge in [0.2, 0.25) is 0 Å². The summed E-state index contributed by atoms with van der Waals surface area (Å²) in [5.41, 5.74) is 15.8. The second-order valence-electron chi connectivity index (χ2n) is 10.0. The highest BCUT2D eigenvalue weighted by molar-refractivity contribution is 5.41. The minimum absolute atomic E-state index is 0.700. The number of likely N-dealkylation sites (N-methyl/N-ethyl adjacent to an activating group) is 2. The Morgan fingerprint density at radius 1 is 0.844 bits per heavy atom. The summed E-state index contributed by atoms with van der Waals surface area (Å²) < 4.78 is 3.99. The third kappa shape index (κ3) is 11.0. The quantitative estimate of drug-likeness (QED) is 0.518. The van der Waals surface area contributed by atoms with Crippen LogP contribution in [-0.4, -0.2) is 70.6 Å². The normalized spacial score (nSPS) is 11.6. The molecule has 0 unspecified atom stereocenters. The summed E-state index contributed by atoms with van der Waals surface area (Å²) in [5.74, 6) is 1.41. The van der Waals surface area contributed by atoms with Gasteiger partial charge in [0.25, 0.3) is 0 Å². The minimum atomic E-state index is 0.700. The highest BCUT2D eigenvalue weighted by atomic mass is 15.3. The molecule has 2 rings (SSSR count). The lowest BCUT2D eigenvalue weighted by molar-refractivity contribution is 0.368. The van der Waals surface area contributed by atoms with Crippen LogP contribution in [0.2, 0.25) is 0 Å². The Balaban J connectivity index is 0.000000320. The number of hydrogen-bond acceptors (Lipinski definition) is 6. The maximum Gasteiger partial charge on any atom is 0.0853 e. The maximum absolute atomic E-state index is 5.94. The smallest absolute Gasteiger partial charge is 0.0853 e. The Hall–Kier alpha value is -2.06. The van der Waals surface area contributed by atoms with E-state index in [0.717, 1.165) is 68.9 Å². The fraction of sp³-hybridized carbons (Fsp3) is 0.750. The number of nitrogen functional groups attached to an aromatic ring is 2.